The van der Waals surface area contributed by atoms with Crippen molar-refractivity contribution in [2.75, 3.05) is 5.43 Å². The summed E-state index contributed by atoms with van der Waals surface area (Å²) in [5, 5.41) is 0. The molecular formula is C16H15N5. The van der Waals surface area contributed by atoms with Crippen LogP contribution in [0, 0.1) is 6.92 Å². The van der Waals surface area contributed by atoms with E-state index in [4.69, 9.17) is 5.84 Å². The predicted octanol–water partition coefficient (Wildman–Crippen LogP) is 2.80. The molecule has 0 aliphatic heterocycles. The molecule has 5 heteroatoms. The van der Waals surface area contributed by atoms with Gasteiger partial charge in [-0.3, -0.25) is 10.8 Å². The molecule has 0 fully saturated rings. The zero-order chi connectivity index (χ0) is 14.7. The minimum atomic E-state index is 0.672. The Morgan fingerprint density at radius 2 is 2.00 bits per heavy atom. The highest BCUT2D eigenvalue weighted by atomic mass is 15.2. The molecule has 5 nitrogen and oxygen atoms in total. The Morgan fingerprint density at radius 3 is 2.76 bits per heavy atom. The topological polar surface area (TPSA) is 76.7 Å². The summed E-state index contributed by atoms with van der Waals surface area (Å²) >= 11 is 0. The van der Waals surface area contributed by atoms with Gasteiger partial charge < -0.3 is 5.43 Å². The maximum Gasteiger partial charge on any atom is 0.160 e. The van der Waals surface area contributed by atoms with Gasteiger partial charge in [0.05, 0.1) is 5.69 Å². The van der Waals surface area contributed by atoms with Gasteiger partial charge in [-0.05, 0) is 42.8 Å². The molecule has 0 unspecified atom stereocenters. The number of rotatable bonds is 3. The SMILES string of the molecule is Cc1ccc(NN)cc1-c1nccc(-c2cccnc2)n1. The van der Waals surface area contributed by atoms with Crippen LogP contribution in [0.1, 0.15) is 5.56 Å². The Hall–Kier alpha value is -2.79. The second kappa shape index (κ2) is 5.68. The minimum Gasteiger partial charge on any atom is -0.324 e. The first-order valence-electron chi connectivity index (χ1n) is 6.59. The van der Waals surface area contributed by atoms with E-state index in [1.54, 1.807) is 18.6 Å². The van der Waals surface area contributed by atoms with E-state index in [2.05, 4.69) is 20.4 Å². The van der Waals surface area contributed by atoms with Crippen LogP contribution in [0.25, 0.3) is 22.6 Å². The van der Waals surface area contributed by atoms with Gasteiger partial charge in [-0.2, -0.15) is 0 Å². The van der Waals surface area contributed by atoms with E-state index >= 15 is 0 Å². The molecule has 0 aliphatic rings. The number of hydrogen-bond donors (Lipinski definition) is 2. The van der Waals surface area contributed by atoms with Gasteiger partial charge in [0.1, 0.15) is 0 Å². The second-order valence-corrected chi connectivity index (χ2v) is 4.68. The van der Waals surface area contributed by atoms with E-state index in [0.29, 0.717) is 5.82 Å². The van der Waals surface area contributed by atoms with Crippen LogP contribution in [0.4, 0.5) is 5.69 Å². The lowest BCUT2D eigenvalue weighted by atomic mass is 10.1. The molecule has 104 valence electrons. The predicted molar refractivity (Wildman–Crippen MR) is 83.2 cm³/mol. The van der Waals surface area contributed by atoms with Crippen LogP contribution in [0.3, 0.4) is 0 Å². The first-order chi connectivity index (χ1) is 10.3. The lowest BCUT2D eigenvalue weighted by Gasteiger charge is -2.08. The molecule has 0 aliphatic carbocycles. The summed E-state index contributed by atoms with van der Waals surface area (Å²) in [6, 6.07) is 11.6. The van der Waals surface area contributed by atoms with Crippen molar-refractivity contribution in [2.24, 2.45) is 5.84 Å². The highest BCUT2D eigenvalue weighted by molar-refractivity contribution is 5.68. The Bertz CT molecular complexity index is 756. The summed E-state index contributed by atoms with van der Waals surface area (Å²) in [5.74, 6) is 6.14. The van der Waals surface area contributed by atoms with Gasteiger partial charge in [-0.25, -0.2) is 9.97 Å². The van der Waals surface area contributed by atoms with Gasteiger partial charge in [0, 0.05) is 35.4 Å². The molecule has 21 heavy (non-hydrogen) atoms. The van der Waals surface area contributed by atoms with E-state index in [1.807, 2.05) is 43.3 Å². The van der Waals surface area contributed by atoms with E-state index < -0.39 is 0 Å². The summed E-state index contributed by atoms with van der Waals surface area (Å²) in [5.41, 5.74) is 7.33. The summed E-state index contributed by atoms with van der Waals surface area (Å²) in [6.45, 7) is 2.02. The average molecular weight is 277 g/mol. The number of nitrogen functional groups attached to an aromatic ring is 1. The van der Waals surface area contributed by atoms with Crippen LogP contribution in [0.5, 0.6) is 0 Å². The zero-order valence-corrected chi connectivity index (χ0v) is 11.6. The van der Waals surface area contributed by atoms with Crippen molar-refractivity contribution in [1.82, 2.24) is 15.0 Å². The molecule has 0 amide bonds. The fourth-order valence-electron chi connectivity index (χ4n) is 2.12. The van der Waals surface area contributed by atoms with Crippen LogP contribution in [-0.2, 0) is 0 Å². The highest BCUT2D eigenvalue weighted by Crippen LogP contribution is 2.25. The maximum absolute atomic E-state index is 5.47. The van der Waals surface area contributed by atoms with Crippen molar-refractivity contribution in [1.29, 1.82) is 0 Å². The normalized spacial score (nSPS) is 10.4. The molecule has 0 bridgehead atoms. The van der Waals surface area contributed by atoms with Crippen molar-refractivity contribution < 1.29 is 0 Å². The molecule has 3 aromatic rings. The van der Waals surface area contributed by atoms with Crippen LogP contribution < -0.4 is 11.3 Å². The largest absolute Gasteiger partial charge is 0.324 e. The molecule has 3 N–H and O–H groups in total. The molecule has 0 radical (unpaired) electrons. The summed E-state index contributed by atoms with van der Waals surface area (Å²) in [6.07, 6.45) is 5.29. The molecule has 0 atom stereocenters. The van der Waals surface area contributed by atoms with Gasteiger partial charge >= 0.3 is 0 Å². The first kappa shape index (κ1) is 13.2. The Kier molecular flexibility index (Phi) is 3.57. The number of hydrazine groups is 1. The quantitative estimate of drug-likeness (QED) is 0.568. The third kappa shape index (κ3) is 2.73. The number of benzene rings is 1. The monoisotopic (exact) mass is 277 g/mol. The number of pyridine rings is 1. The number of nitrogens with zero attached hydrogens (tertiary/aromatic N) is 3. The number of aromatic nitrogens is 3. The lowest BCUT2D eigenvalue weighted by Crippen LogP contribution is -2.07. The van der Waals surface area contributed by atoms with E-state index in [1.165, 1.54) is 0 Å². The van der Waals surface area contributed by atoms with Crippen LogP contribution >= 0.6 is 0 Å². The summed E-state index contributed by atoms with van der Waals surface area (Å²) < 4.78 is 0. The third-order valence-electron chi connectivity index (χ3n) is 3.26. The third-order valence-corrected chi connectivity index (χ3v) is 3.26. The zero-order valence-electron chi connectivity index (χ0n) is 11.6. The molecule has 1 aromatic carbocycles. The minimum absolute atomic E-state index is 0.672. The van der Waals surface area contributed by atoms with Gasteiger partial charge in [0.15, 0.2) is 5.82 Å². The van der Waals surface area contributed by atoms with Crippen LogP contribution in [0.2, 0.25) is 0 Å². The Morgan fingerprint density at radius 1 is 1.10 bits per heavy atom. The number of hydrogen-bond acceptors (Lipinski definition) is 5. The molecule has 0 saturated carbocycles. The van der Waals surface area contributed by atoms with Gasteiger partial charge in [-0.1, -0.05) is 6.07 Å². The van der Waals surface area contributed by atoms with Gasteiger partial charge in [0.2, 0.25) is 0 Å². The summed E-state index contributed by atoms with van der Waals surface area (Å²) in [4.78, 5) is 13.1. The Labute approximate surface area is 122 Å². The van der Waals surface area contributed by atoms with Gasteiger partial charge in [0.25, 0.3) is 0 Å². The second-order valence-electron chi connectivity index (χ2n) is 4.68. The van der Waals surface area contributed by atoms with Crippen molar-refractivity contribution >= 4 is 5.69 Å². The number of anilines is 1. The van der Waals surface area contributed by atoms with Crippen molar-refractivity contribution in [3.63, 3.8) is 0 Å². The number of aryl methyl sites for hydroxylation is 1. The van der Waals surface area contributed by atoms with Crippen molar-refractivity contribution in [3.05, 3.63) is 60.6 Å². The molecule has 0 spiro atoms. The average Bonchev–Trinajstić information content (AvgIpc) is 2.56. The van der Waals surface area contributed by atoms with Crippen molar-refractivity contribution in [3.8, 4) is 22.6 Å². The van der Waals surface area contributed by atoms with Gasteiger partial charge in [-0.15, -0.1) is 0 Å². The molecule has 0 saturated heterocycles. The smallest absolute Gasteiger partial charge is 0.160 e. The van der Waals surface area contributed by atoms with E-state index in [0.717, 1.165) is 28.1 Å². The fraction of sp³-hybridized carbons (Fsp3) is 0.0625. The number of nitrogens with two attached hydrogens (primary N) is 1. The van der Waals surface area contributed by atoms with Crippen LogP contribution in [0.15, 0.2) is 55.0 Å². The molecular weight excluding hydrogens is 262 g/mol. The highest BCUT2D eigenvalue weighted by Gasteiger charge is 2.08. The lowest BCUT2D eigenvalue weighted by molar-refractivity contribution is 1.16. The van der Waals surface area contributed by atoms with Crippen LogP contribution in [-0.4, -0.2) is 15.0 Å². The van der Waals surface area contributed by atoms with Crippen molar-refractivity contribution in [2.45, 2.75) is 6.92 Å². The maximum atomic E-state index is 5.47. The van der Waals surface area contributed by atoms with E-state index in [9.17, 15) is 0 Å². The fourth-order valence-corrected chi connectivity index (χ4v) is 2.12. The first-order valence-corrected chi connectivity index (χ1v) is 6.59. The Balaban J connectivity index is 2.08. The molecule has 3 rings (SSSR count). The van der Waals surface area contributed by atoms with E-state index in [-0.39, 0.29) is 0 Å². The molecule has 2 aromatic heterocycles. The molecule has 2 heterocycles. The number of nitrogens with one attached hydrogen (secondary N) is 1. The summed E-state index contributed by atoms with van der Waals surface area (Å²) in [7, 11) is 0. The standard InChI is InChI=1S/C16H15N5/c1-11-4-5-13(21-17)9-14(11)16-19-8-6-15(20-16)12-3-2-7-18-10-12/h2-10,21H,17H2,1H3.